The first kappa shape index (κ1) is 13.3. The van der Waals surface area contributed by atoms with Crippen molar-refractivity contribution in [1.82, 2.24) is 3.96 Å². The first-order chi connectivity index (χ1) is 8.60. The molecule has 0 unspecified atom stereocenters. The topological polar surface area (TPSA) is 51.1 Å². The lowest BCUT2D eigenvalue weighted by Gasteiger charge is -2.04. The van der Waals surface area contributed by atoms with Gasteiger partial charge < -0.3 is 5.32 Å². The molecule has 1 amide bonds. The van der Waals surface area contributed by atoms with E-state index in [2.05, 4.69) is 21.2 Å². The summed E-state index contributed by atoms with van der Waals surface area (Å²) in [6.45, 7) is 0. The summed E-state index contributed by atoms with van der Waals surface area (Å²) in [6.07, 6.45) is 0. The third-order valence-electron chi connectivity index (χ3n) is 2.09. The Morgan fingerprint density at radius 2 is 2.22 bits per heavy atom. The highest BCUT2D eigenvalue weighted by molar-refractivity contribution is 9.08. The number of amides is 1. The molecule has 4 nitrogen and oxygen atoms in total. The van der Waals surface area contributed by atoms with Gasteiger partial charge in [0.2, 0.25) is 0 Å². The van der Waals surface area contributed by atoms with Crippen molar-refractivity contribution in [2.75, 3.05) is 5.32 Å². The molecule has 0 fully saturated rings. The smallest absolute Gasteiger partial charge is 0.306 e. The van der Waals surface area contributed by atoms with Crippen LogP contribution >= 0.6 is 39.1 Å². The summed E-state index contributed by atoms with van der Waals surface area (Å²) in [4.78, 5) is 24.2. The molecule has 2 rings (SSSR count). The molecule has 1 heterocycles. The van der Waals surface area contributed by atoms with E-state index in [-0.39, 0.29) is 5.56 Å². The molecule has 0 saturated carbocycles. The molecule has 0 atom stereocenters. The Hall–Kier alpha value is -1.11. The molecule has 0 aliphatic carbocycles. The van der Waals surface area contributed by atoms with Gasteiger partial charge in [-0.2, -0.15) is 3.96 Å². The van der Waals surface area contributed by atoms with Crippen molar-refractivity contribution in [1.29, 1.82) is 0 Å². The molecule has 0 aliphatic heterocycles. The molecule has 0 saturated heterocycles. The number of hydrogen-bond acceptors (Lipinski definition) is 3. The van der Waals surface area contributed by atoms with Gasteiger partial charge in [-0.3, -0.25) is 4.79 Å². The number of anilines is 1. The second kappa shape index (κ2) is 5.69. The number of rotatable bonds is 2. The van der Waals surface area contributed by atoms with E-state index in [1.807, 2.05) is 0 Å². The van der Waals surface area contributed by atoms with Crippen LogP contribution in [0.5, 0.6) is 0 Å². The van der Waals surface area contributed by atoms with E-state index in [1.54, 1.807) is 24.3 Å². The number of hydrogen-bond donors (Lipinski definition) is 1. The number of carbonyl (C=O) groups excluding carboxylic acids is 1. The zero-order valence-corrected chi connectivity index (χ0v) is 12.2. The standard InChI is InChI=1S/C11H8BrClN2O2S/c12-6-9-5-10(16)15(18-9)11(17)14-8-3-1-2-7(13)4-8/h1-5H,6H2,(H,14,17). The van der Waals surface area contributed by atoms with Crippen LogP contribution in [0.4, 0.5) is 10.5 Å². The highest BCUT2D eigenvalue weighted by Gasteiger charge is 2.11. The fraction of sp³-hybridized carbons (Fsp3) is 0.0909. The van der Waals surface area contributed by atoms with Crippen molar-refractivity contribution in [3.05, 3.63) is 50.6 Å². The average Bonchev–Trinajstić information content (AvgIpc) is 2.70. The number of halogens is 2. The highest BCUT2D eigenvalue weighted by Crippen LogP contribution is 2.16. The van der Waals surface area contributed by atoms with Gasteiger partial charge in [0, 0.05) is 27.0 Å². The van der Waals surface area contributed by atoms with E-state index < -0.39 is 6.03 Å². The average molecular weight is 348 g/mol. The fourth-order valence-corrected chi connectivity index (χ4v) is 2.70. The number of alkyl halides is 1. The molecule has 1 aromatic heterocycles. The Bertz CT molecular complexity index is 638. The van der Waals surface area contributed by atoms with Gasteiger partial charge in [-0.25, -0.2) is 4.79 Å². The van der Waals surface area contributed by atoms with Crippen LogP contribution in [-0.4, -0.2) is 9.99 Å². The van der Waals surface area contributed by atoms with Crippen LogP contribution in [0.25, 0.3) is 0 Å². The molecule has 7 heteroatoms. The van der Waals surface area contributed by atoms with Gasteiger partial charge in [-0.1, -0.05) is 45.1 Å². The molecule has 0 spiro atoms. The monoisotopic (exact) mass is 346 g/mol. The first-order valence-electron chi connectivity index (χ1n) is 4.95. The molecule has 1 aromatic carbocycles. The van der Waals surface area contributed by atoms with E-state index in [1.165, 1.54) is 6.07 Å². The third-order valence-corrected chi connectivity index (χ3v) is 4.32. The van der Waals surface area contributed by atoms with Crippen molar-refractivity contribution in [3.8, 4) is 0 Å². The minimum Gasteiger partial charge on any atom is -0.306 e. The van der Waals surface area contributed by atoms with Gasteiger partial charge in [0.1, 0.15) is 0 Å². The largest absolute Gasteiger partial charge is 0.342 e. The van der Waals surface area contributed by atoms with E-state index in [0.717, 1.165) is 20.4 Å². The van der Waals surface area contributed by atoms with Crippen LogP contribution in [0.2, 0.25) is 5.02 Å². The Morgan fingerprint density at radius 3 is 2.83 bits per heavy atom. The van der Waals surface area contributed by atoms with Crippen molar-refractivity contribution >= 4 is 50.8 Å². The Labute approximate surface area is 120 Å². The molecule has 18 heavy (non-hydrogen) atoms. The molecular weight excluding hydrogens is 340 g/mol. The molecular formula is C11H8BrClN2O2S. The van der Waals surface area contributed by atoms with Gasteiger partial charge in [-0.05, 0) is 18.2 Å². The minimum atomic E-state index is -0.487. The lowest BCUT2D eigenvalue weighted by molar-refractivity contribution is 0.255. The van der Waals surface area contributed by atoms with Crippen LogP contribution in [0.1, 0.15) is 4.88 Å². The van der Waals surface area contributed by atoms with E-state index >= 15 is 0 Å². The Balaban J connectivity index is 2.22. The maximum Gasteiger partial charge on any atom is 0.342 e. The van der Waals surface area contributed by atoms with Crippen LogP contribution in [0.15, 0.2) is 35.1 Å². The Morgan fingerprint density at radius 1 is 1.44 bits per heavy atom. The normalized spacial score (nSPS) is 10.3. The van der Waals surface area contributed by atoms with Gasteiger partial charge in [0.25, 0.3) is 5.56 Å². The zero-order valence-electron chi connectivity index (χ0n) is 9.02. The molecule has 94 valence electrons. The second-order valence-electron chi connectivity index (χ2n) is 3.41. The summed E-state index contributed by atoms with van der Waals surface area (Å²) in [7, 11) is 0. The van der Waals surface area contributed by atoms with Gasteiger partial charge in [0.05, 0.1) is 0 Å². The van der Waals surface area contributed by atoms with Gasteiger partial charge in [-0.15, -0.1) is 0 Å². The van der Waals surface area contributed by atoms with E-state index in [4.69, 9.17) is 11.6 Å². The summed E-state index contributed by atoms with van der Waals surface area (Å²) < 4.78 is 1.07. The molecule has 1 N–H and O–H groups in total. The highest BCUT2D eigenvalue weighted by atomic mass is 79.9. The number of benzene rings is 1. The fourth-order valence-electron chi connectivity index (χ4n) is 1.33. The Kier molecular flexibility index (Phi) is 4.21. The predicted molar refractivity (Wildman–Crippen MR) is 77.1 cm³/mol. The molecule has 2 aromatic rings. The van der Waals surface area contributed by atoms with Crippen molar-refractivity contribution in [2.24, 2.45) is 0 Å². The first-order valence-corrected chi connectivity index (χ1v) is 7.22. The van der Waals surface area contributed by atoms with Crippen molar-refractivity contribution < 1.29 is 4.79 Å². The van der Waals surface area contributed by atoms with E-state index in [9.17, 15) is 9.59 Å². The lowest BCUT2D eigenvalue weighted by atomic mass is 10.3. The predicted octanol–water partition coefficient (Wildman–Crippen LogP) is 3.54. The number of aromatic nitrogens is 1. The lowest BCUT2D eigenvalue weighted by Crippen LogP contribution is -2.25. The SMILES string of the molecule is O=C(Nc1cccc(Cl)c1)n1sc(CBr)cc1=O. The summed E-state index contributed by atoms with van der Waals surface area (Å²) in [5.41, 5.74) is 0.210. The summed E-state index contributed by atoms with van der Waals surface area (Å²) in [6, 6.07) is 7.68. The minimum absolute atomic E-state index is 0.339. The maximum absolute atomic E-state index is 11.9. The quantitative estimate of drug-likeness (QED) is 0.845. The molecule has 0 bridgehead atoms. The van der Waals surface area contributed by atoms with E-state index in [0.29, 0.717) is 16.0 Å². The number of nitrogens with zero attached hydrogens (tertiary/aromatic N) is 1. The summed E-state index contributed by atoms with van der Waals surface area (Å²) in [5.74, 6) is 0. The third kappa shape index (κ3) is 3.01. The second-order valence-corrected chi connectivity index (χ2v) is 5.48. The van der Waals surface area contributed by atoms with Crippen LogP contribution in [0.3, 0.4) is 0 Å². The van der Waals surface area contributed by atoms with Crippen LogP contribution < -0.4 is 10.9 Å². The zero-order chi connectivity index (χ0) is 13.1. The molecule has 0 radical (unpaired) electrons. The van der Waals surface area contributed by atoms with Crippen molar-refractivity contribution in [2.45, 2.75) is 5.33 Å². The maximum atomic E-state index is 11.9. The summed E-state index contributed by atoms with van der Waals surface area (Å²) >= 11 is 10.2. The van der Waals surface area contributed by atoms with Gasteiger partial charge >= 0.3 is 6.03 Å². The summed E-state index contributed by atoms with van der Waals surface area (Å²) in [5, 5.41) is 3.68. The number of carbonyl (C=O) groups is 1. The molecule has 0 aliphatic rings. The number of nitrogens with one attached hydrogen (secondary N) is 1. The van der Waals surface area contributed by atoms with Crippen molar-refractivity contribution in [3.63, 3.8) is 0 Å². The van der Waals surface area contributed by atoms with Crippen LogP contribution in [0, 0.1) is 0 Å². The van der Waals surface area contributed by atoms with Gasteiger partial charge in [0.15, 0.2) is 0 Å². The van der Waals surface area contributed by atoms with Crippen LogP contribution in [-0.2, 0) is 5.33 Å².